The number of ketones is 1. The Balaban J connectivity index is 0.872. The van der Waals surface area contributed by atoms with Gasteiger partial charge in [-0.2, -0.15) is 0 Å². The third kappa shape index (κ3) is 7.09. The van der Waals surface area contributed by atoms with Crippen molar-refractivity contribution < 1.29 is 15.0 Å². The minimum atomic E-state index is -0.803. The zero-order chi connectivity index (χ0) is 39.6. The van der Waals surface area contributed by atoms with Crippen LogP contribution in [0.3, 0.4) is 0 Å². The van der Waals surface area contributed by atoms with E-state index in [0.29, 0.717) is 37.8 Å². The lowest BCUT2D eigenvalue weighted by atomic mass is 9.82. The molecule has 0 amide bonds. The van der Waals surface area contributed by atoms with Crippen LogP contribution in [0.2, 0.25) is 0 Å². The molecule has 4 atom stereocenters. The Bertz CT molecular complexity index is 2280. The molecule has 58 heavy (non-hydrogen) atoms. The van der Waals surface area contributed by atoms with E-state index in [2.05, 4.69) is 73.8 Å². The SMILES string of the molecule is CC1(O)CCN(C(CC2CCN(c3cc[nH]c4cnc5nccc5c34)CC2)C(=O)C(CC2CCN(c3cc[nH]c4cnc5nccc5c34)CC2)N2CCC(C)(O)C2)C1. The van der Waals surface area contributed by atoms with Gasteiger partial charge in [0.2, 0.25) is 0 Å². The highest BCUT2D eigenvalue weighted by molar-refractivity contribution is 6.11. The Hall–Kier alpha value is -4.69. The Morgan fingerprint density at radius 3 is 1.50 bits per heavy atom. The number of pyridine rings is 4. The van der Waals surface area contributed by atoms with E-state index >= 15 is 4.79 Å². The molecule has 0 bridgehead atoms. The van der Waals surface area contributed by atoms with Crippen molar-refractivity contribution in [2.24, 2.45) is 11.8 Å². The van der Waals surface area contributed by atoms with Crippen molar-refractivity contribution >= 4 is 61.0 Å². The van der Waals surface area contributed by atoms with Gasteiger partial charge < -0.3 is 30.0 Å². The molecule has 4 aliphatic rings. The molecular weight excluding hydrogens is 729 g/mol. The van der Waals surface area contributed by atoms with Gasteiger partial charge in [-0.15, -0.1) is 0 Å². The second kappa shape index (κ2) is 14.8. The molecular formula is C45H56N10O3. The predicted octanol–water partition coefficient (Wildman–Crippen LogP) is 5.67. The number of rotatable bonds is 10. The van der Waals surface area contributed by atoms with Gasteiger partial charge in [-0.05, 0) is 101 Å². The Kier molecular flexibility index (Phi) is 9.62. The zero-order valence-electron chi connectivity index (χ0n) is 33.8. The van der Waals surface area contributed by atoms with Gasteiger partial charge in [0.25, 0.3) is 0 Å². The number of carbonyl (C=O) groups is 1. The molecule has 4 aliphatic heterocycles. The van der Waals surface area contributed by atoms with Crippen LogP contribution in [0.5, 0.6) is 0 Å². The van der Waals surface area contributed by atoms with Crippen LogP contribution in [0, 0.1) is 11.8 Å². The molecule has 4 N–H and O–H groups in total. The lowest BCUT2D eigenvalue weighted by Gasteiger charge is -2.41. The number of anilines is 2. The first-order valence-electron chi connectivity index (χ1n) is 21.5. The number of aliphatic hydroxyl groups is 2. The molecule has 0 radical (unpaired) electrons. The molecule has 0 aliphatic carbocycles. The van der Waals surface area contributed by atoms with Crippen LogP contribution in [-0.4, -0.2) is 131 Å². The highest BCUT2D eigenvalue weighted by atomic mass is 16.3. The number of aromatic amines is 2. The fraction of sp³-hybridized carbons (Fsp3) is 0.533. The number of aromatic nitrogens is 6. The Morgan fingerprint density at radius 2 is 1.10 bits per heavy atom. The zero-order valence-corrected chi connectivity index (χ0v) is 33.8. The number of H-pyrrole nitrogens is 2. The molecule has 0 saturated carbocycles. The van der Waals surface area contributed by atoms with Gasteiger partial charge in [0.1, 0.15) is 0 Å². The van der Waals surface area contributed by atoms with E-state index in [9.17, 15) is 10.2 Å². The number of β-amino-alcohol motifs (C(OH)–C–C–N with tert-alkyl or cyclic N) is 2. The summed E-state index contributed by atoms with van der Waals surface area (Å²) in [5.41, 5.74) is 4.35. The van der Waals surface area contributed by atoms with E-state index in [-0.39, 0.29) is 17.9 Å². The van der Waals surface area contributed by atoms with Gasteiger partial charge in [-0.1, -0.05) is 0 Å². The lowest BCUT2D eigenvalue weighted by Crippen LogP contribution is -2.53. The third-order valence-corrected chi connectivity index (χ3v) is 14.1. The van der Waals surface area contributed by atoms with Gasteiger partial charge in [-0.25, -0.2) is 19.9 Å². The van der Waals surface area contributed by atoms with Crippen molar-refractivity contribution in [3.63, 3.8) is 0 Å². The summed E-state index contributed by atoms with van der Waals surface area (Å²) in [5, 5.41) is 26.8. The maximum atomic E-state index is 15.4. The minimum absolute atomic E-state index is 0.268. The summed E-state index contributed by atoms with van der Waals surface area (Å²) in [7, 11) is 0. The van der Waals surface area contributed by atoms with E-state index < -0.39 is 11.2 Å². The maximum absolute atomic E-state index is 15.4. The third-order valence-electron chi connectivity index (χ3n) is 14.1. The van der Waals surface area contributed by atoms with Gasteiger partial charge in [-0.3, -0.25) is 14.6 Å². The molecule has 13 nitrogen and oxygen atoms in total. The van der Waals surface area contributed by atoms with E-state index in [4.69, 9.17) is 0 Å². The summed E-state index contributed by atoms with van der Waals surface area (Å²) in [6.45, 7) is 9.95. The minimum Gasteiger partial charge on any atom is -0.389 e. The first-order chi connectivity index (χ1) is 28.1. The Morgan fingerprint density at radius 1 is 0.672 bits per heavy atom. The van der Waals surface area contributed by atoms with Crippen molar-refractivity contribution in [2.45, 2.75) is 88.5 Å². The highest BCUT2D eigenvalue weighted by Gasteiger charge is 2.45. The fourth-order valence-electron chi connectivity index (χ4n) is 10.9. The van der Waals surface area contributed by atoms with E-state index in [1.54, 1.807) is 0 Å². The molecule has 304 valence electrons. The number of hydrogen-bond donors (Lipinski definition) is 4. The van der Waals surface area contributed by atoms with E-state index in [1.165, 1.54) is 11.4 Å². The number of Topliss-reactive ketones (excluding diaryl/α,β-unsaturated/α-hetero) is 1. The number of piperidine rings is 2. The predicted molar refractivity (Wildman–Crippen MR) is 228 cm³/mol. The smallest absolute Gasteiger partial charge is 0.167 e. The number of carbonyl (C=O) groups excluding carboxylic acids is 1. The van der Waals surface area contributed by atoms with Crippen LogP contribution < -0.4 is 9.80 Å². The number of likely N-dealkylation sites (tertiary alicyclic amines) is 2. The highest BCUT2D eigenvalue weighted by Crippen LogP contribution is 2.39. The van der Waals surface area contributed by atoms with Crippen LogP contribution in [0.25, 0.3) is 43.9 Å². The van der Waals surface area contributed by atoms with Crippen LogP contribution in [0.15, 0.2) is 61.4 Å². The van der Waals surface area contributed by atoms with Crippen molar-refractivity contribution in [2.75, 3.05) is 62.2 Å². The summed E-state index contributed by atoms with van der Waals surface area (Å²) in [5.74, 6) is 1.07. The molecule has 4 fully saturated rings. The summed E-state index contributed by atoms with van der Waals surface area (Å²) in [4.78, 5) is 49.7. The molecule has 4 saturated heterocycles. The second-order valence-corrected chi connectivity index (χ2v) is 18.4. The van der Waals surface area contributed by atoms with Crippen LogP contribution in [0.4, 0.5) is 11.4 Å². The lowest BCUT2D eigenvalue weighted by molar-refractivity contribution is -0.131. The molecule has 6 aromatic rings. The molecule has 10 heterocycles. The van der Waals surface area contributed by atoms with E-state index in [1.807, 2.05) is 51.0 Å². The van der Waals surface area contributed by atoms with Gasteiger partial charge in [0.15, 0.2) is 17.1 Å². The van der Waals surface area contributed by atoms with Gasteiger partial charge >= 0.3 is 0 Å². The number of nitrogens with zero attached hydrogens (tertiary/aromatic N) is 8. The first-order valence-corrected chi connectivity index (χ1v) is 21.5. The average Bonchev–Trinajstić information content (AvgIpc) is 4.05. The molecule has 0 aromatic carbocycles. The van der Waals surface area contributed by atoms with Crippen molar-refractivity contribution in [1.82, 2.24) is 39.7 Å². The van der Waals surface area contributed by atoms with Crippen molar-refractivity contribution in [3.05, 3.63) is 61.4 Å². The quantitative estimate of drug-likeness (QED) is 0.136. The maximum Gasteiger partial charge on any atom is 0.167 e. The monoisotopic (exact) mass is 784 g/mol. The normalized spacial score (nSPS) is 25.5. The van der Waals surface area contributed by atoms with Crippen LogP contribution in [0.1, 0.15) is 65.2 Å². The molecule has 13 heteroatoms. The summed E-state index contributed by atoms with van der Waals surface area (Å²) >= 11 is 0. The molecule has 0 spiro atoms. The summed E-state index contributed by atoms with van der Waals surface area (Å²) in [6.07, 6.45) is 18.3. The first kappa shape index (κ1) is 37.6. The average molecular weight is 785 g/mol. The second-order valence-electron chi connectivity index (χ2n) is 18.4. The van der Waals surface area contributed by atoms with Crippen molar-refractivity contribution in [1.29, 1.82) is 0 Å². The molecule has 4 unspecified atom stereocenters. The molecule has 10 rings (SSSR count). The summed E-state index contributed by atoms with van der Waals surface area (Å²) in [6, 6.07) is 7.91. The molecule has 6 aromatic heterocycles. The Labute approximate surface area is 338 Å². The van der Waals surface area contributed by atoms with E-state index in [0.717, 1.165) is 122 Å². The van der Waals surface area contributed by atoms with Gasteiger partial charge in [0.05, 0.1) is 46.7 Å². The number of hydrogen-bond acceptors (Lipinski definition) is 11. The van der Waals surface area contributed by atoms with Crippen LogP contribution in [-0.2, 0) is 4.79 Å². The summed E-state index contributed by atoms with van der Waals surface area (Å²) < 4.78 is 0. The van der Waals surface area contributed by atoms with Crippen molar-refractivity contribution in [3.8, 4) is 0 Å². The fourth-order valence-corrected chi connectivity index (χ4v) is 10.9. The standard InChI is InChI=1S/C45H56N10O3/c1-44(57)11-21-54(27-44)37(23-29-7-17-52(18-8-29)35-5-15-46-33-25-50-42-31(39(33)35)3-13-48-42)41(56)38(55-22-12-45(2,58)28-55)24-30-9-19-53(20-10-30)36-6-16-47-34-26-51-43-32(40(34)36)4-14-49-43/h3-6,13-16,25-26,29-30,37-38,46-47,57-58H,7-12,17-24,27-28H2,1-2H3. The van der Waals surface area contributed by atoms with Crippen LogP contribution >= 0.6 is 0 Å². The number of nitrogens with one attached hydrogen (secondary N) is 2. The van der Waals surface area contributed by atoms with Gasteiger partial charge in [0, 0.05) is 110 Å². The largest absolute Gasteiger partial charge is 0.389 e. The number of fused-ring (bicyclic) bond motifs is 6. The topological polar surface area (TPSA) is 154 Å².